The Morgan fingerprint density at radius 2 is 2.36 bits per heavy atom. The van der Waals surface area contributed by atoms with Crippen LogP contribution in [0.3, 0.4) is 0 Å². The number of ether oxygens (including phenoxy) is 1. The maximum absolute atomic E-state index is 11.6. The molecule has 1 aliphatic rings. The summed E-state index contributed by atoms with van der Waals surface area (Å²) in [5, 5.41) is 8.88. The largest absolute Gasteiger partial charge is 0.393 e. The van der Waals surface area contributed by atoms with Crippen molar-refractivity contribution in [2.24, 2.45) is 5.92 Å². The molecule has 0 spiro atoms. The highest BCUT2D eigenvalue weighted by Gasteiger charge is 2.28. The molecule has 0 aromatic rings. The van der Waals surface area contributed by atoms with Crippen molar-refractivity contribution in [2.75, 3.05) is 26.3 Å². The van der Waals surface area contributed by atoms with Crippen LogP contribution in [0.4, 0.5) is 0 Å². The third kappa shape index (κ3) is 2.96. The van der Waals surface area contributed by atoms with Gasteiger partial charge in [-0.3, -0.25) is 4.79 Å². The molecule has 1 N–H and O–H groups in total. The van der Waals surface area contributed by atoms with E-state index in [1.807, 2.05) is 0 Å². The first-order valence-electron chi connectivity index (χ1n) is 5.16. The molecule has 0 aliphatic carbocycles. The van der Waals surface area contributed by atoms with Crippen molar-refractivity contribution in [3.63, 3.8) is 0 Å². The number of aliphatic hydroxyl groups excluding tert-OH is 1. The van der Waals surface area contributed by atoms with Gasteiger partial charge in [0, 0.05) is 13.1 Å². The first kappa shape index (κ1) is 11.5. The predicted molar refractivity (Wildman–Crippen MR) is 52.9 cm³/mol. The summed E-state index contributed by atoms with van der Waals surface area (Å²) in [6.07, 6.45) is 0.375. The molecule has 1 fully saturated rings. The summed E-state index contributed by atoms with van der Waals surface area (Å²) in [4.78, 5) is 13.4. The first-order valence-corrected chi connectivity index (χ1v) is 5.16. The quantitative estimate of drug-likeness (QED) is 0.709. The Bertz CT molecular complexity index is 194. The maximum Gasteiger partial charge on any atom is 0.254 e. The molecule has 1 unspecified atom stereocenters. The topological polar surface area (TPSA) is 49.8 Å². The van der Waals surface area contributed by atoms with Crippen molar-refractivity contribution < 1.29 is 14.6 Å². The number of carbonyl (C=O) groups excluding carboxylic acids is 1. The van der Waals surface area contributed by atoms with Gasteiger partial charge in [-0.1, -0.05) is 13.8 Å². The van der Waals surface area contributed by atoms with Crippen molar-refractivity contribution in [3.8, 4) is 0 Å². The monoisotopic (exact) mass is 201 g/mol. The number of rotatable bonds is 4. The van der Waals surface area contributed by atoms with Gasteiger partial charge in [0.05, 0.1) is 13.2 Å². The van der Waals surface area contributed by atoms with E-state index in [4.69, 9.17) is 9.84 Å². The summed E-state index contributed by atoms with van der Waals surface area (Å²) in [6, 6.07) is 0. The van der Waals surface area contributed by atoms with E-state index < -0.39 is 6.10 Å². The second kappa shape index (κ2) is 5.32. The van der Waals surface area contributed by atoms with Crippen molar-refractivity contribution in [3.05, 3.63) is 0 Å². The lowest BCUT2D eigenvalue weighted by Gasteiger charge is -2.32. The average molecular weight is 201 g/mol. The summed E-state index contributed by atoms with van der Waals surface area (Å²) in [7, 11) is 0. The third-order valence-corrected chi connectivity index (χ3v) is 2.41. The lowest BCUT2D eigenvalue weighted by atomic mass is 10.1. The van der Waals surface area contributed by atoms with Crippen molar-refractivity contribution in [1.82, 2.24) is 4.90 Å². The number of morpholine rings is 1. The molecule has 82 valence electrons. The van der Waals surface area contributed by atoms with Gasteiger partial charge in [0.2, 0.25) is 0 Å². The smallest absolute Gasteiger partial charge is 0.254 e. The zero-order chi connectivity index (χ0) is 10.6. The Kier molecular flexibility index (Phi) is 4.35. The summed E-state index contributed by atoms with van der Waals surface area (Å²) < 4.78 is 5.14. The Morgan fingerprint density at radius 3 is 2.93 bits per heavy atom. The number of hydrogen-bond acceptors (Lipinski definition) is 3. The van der Waals surface area contributed by atoms with Crippen LogP contribution in [-0.2, 0) is 9.53 Å². The van der Waals surface area contributed by atoms with Gasteiger partial charge in [-0.05, 0) is 12.3 Å². The molecule has 14 heavy (non-hydrogen) atoms. The summed E-state index contributed by atoms with van der Waals surface area (Å²) in [6.45, 7) is 6.02. The maximum atomic E-state index is 11.6. The Labute approximate surface area is 84.8 Å². The minimum atomic E-state index is -0.629. The van der Waals surface area contributed by atoms with Gasteiger partial charge in [0.15, 0.2) is 6.10 Å². The molecule has 0 aromatic heterocycles. The molecule has 0 aromatic carbocycles. The summed E-state index contributed by atoms with van der Waals surface area (Å²) in [5.41, 5.74) is 0. The Balaban J connectivity index is 2.40. The van der Waals surface area contributed by atoms with E-state index in [9.17, 15) is 4.79 Å². The number of aliphatic hydroxyl groups is 1. The number of nitrogens with zero attached hydrogens (tertiary/aromatic N) is 1. The molecule has 1 rings (SSSR count). The molecule has 1 heterocycles. The summed E-state index contributed by atoms with van der Waals surface area (Å²) >= 11 is 0. The van der Waals surface area contributed by atoms with Gasteiger partial charge in [-0.25, -0.2) is 0 Å². The van der Waals surface area contributed by atoms with Gasteiger partial charge in [-0.2, -0.15) is 0 Å². The molecule has 1 atom stereocenters. The molecular formula is C10H19NO3. The Morgan fingerprint density at radius 1 is 1.64 bits per heavy atom. The van der Waals surface area contributed by atoms with E-state index in [-0.39, 0.29) is 12.5 Å². The SMILES string of the molecule is CC(C)CCN1CCOC(CO)C1=O. The molecule has 0 saturated carbocycles. The highest BCUT2D eigenvalue weighted by atomic mass is 16.5. The molecule has 4 nitrogen and oxygen atoms in total. The van der Waals surface area contributed by atoms with E-state index in [0.717, 1.165) is 13.0 Å². The van der Waals surface area contributed by atoms with Crippen LogP contribution in [0.5, 0.6) is 0 Å². The fourth-order valence-corrected chi connectivity index (χ4v) is 1.46. The minimum Gasteiger partial charge on any atom is -0.393 e. The van der Waals surface area contributed by atoms with Gasteiger partial charge >= 0.3 is 0 Å². The molecule has 0 radical (unpaired) electrons. The third-order valence-electron chi connectivity index (χ3n) is 2.41. The molecule has 0 bridgehead atoms. The standard InChI is InChI=1S/C10H19NO3/c1-8(2)3-4-11-5-6-14-9(7-12)10(11)13/h8-9,12H,3-7H2,1-2H3. The van der Waals surface area contributed by atoms with Crippen LogP contribution < -0.4 is 0 Å². The molecule has 4 heteroatoms. The van der Waals surface area contributed by atoms with Gasteiger partial charge < -0.3 is 14.7 Å². The summed E-state index contributed by atoms with van der Waals surface area (Å²) in [5.74, 6) is 0.526. The normalized spacial score (nSPS) is 23.3. The highest BCUT2D eigenvalue weighted by molar-refractivity contribution is 5.81. The first-order chi connectivity index (χ1) is 6.65. The van der Waals surface area contributed by atoms with Crippen molar-refractivity contribution >= 4 is 5.91 Å². The fraction of sp³-hybridized carbons (Fsp3) is 0.900. The highest BCUT2D eigenvalue weighted by Crippen LogP contribution is 2.09. The van der Waals surface area contributed by atoms with Crippen LogP contribution in [0.1, 0.15) is 20.3 Å². The van der Waals surface area contributed by atoms with E-state index in [1.165, 1.54) is 0 Å². The van der Waals surface area contributed by atoms with Gasteiger partial charge in [0.25, 0.3) is 5.91 Å². The van der Waals surface area contributed by atoms with Crippen LogP contribution in [0, 0.1) is 5.92 Å². The number of amides is 1. The molecular weight excluding hydrogens is 182 g/mol. The molecule has 1 aliphatic heterocycles. The lowest BCUT2D eigenvalue weighted by molar-refractivity contribution is -0.156. The van der Waals surface area contributed by atoms with E-state index in [0.29, 0.717) is 19.1 Å². The van der Waals surface area contributed by atoms with Crippen molar-refractivity contribution in [1.29, 1.82) is 0 Å². The van der Waals surface area contributed by atoms with Gasteiger partial charge in [0.1, 0.15) is 0 Å². The van der Waals surface area contributed by atoms with E-state index in [1.54, 1.807) is 4.90 Å². The molecule has 1 saturated heterocycles. The average Bonchev–Trinajstić information content (AvgIpc) is 2.16. The second-order valence-corrected chi connectivity index (χ2v) is 4.05. The fourth-order valence-electron chi connectivity index (χ4n) is 1.46. The van der Waals surface area contributed by atoms with E-state index in [2.05, 4.69) is 13.8 Å². The zero-order valence-corrected chi connectivity index (χ0v) is 8.90. The van der Waals surface area contributed by atoms with Gasteiger partial charge in [-0.15, -0.1) is 0 Å². The van der Waals surface area contributed by atoms with E-state index >= 15 is 0 Å². The van der Waals surface area contributed by atoms with Crippen LogP contribution in [0.2, 0.25) is 0 Å². The Hall–Kier alpha value is -0.610. The lowest BCUT2D eigenvalue weighted by Crippen LogP contribution is -2.49. The number of hydrogen-bond donors (Lipinski definition) is 1. The number of carbonyl (C=O) groups is 1. The minimum absolute atomic E-state index is 0.0700. The predicted octanol–water partition coefficient (Wildman–Crippen LogP) is 0.252. The molecule has 1 amide bonds. The van der Waals surface area contributed by atoms with Crippen LogP contribution in [0.25, 0.3) is 0 Å². The second-order valence-electron chi connectivity index (χ2n) is 4.05. The van der Waals surface area contributed by atoms with Crippen LogP contribution >= 0.6 is 0 Å². The zero-order valence-electron chi connectivity index (χ0n) is 8.90. The van der Waals surface area contributed by atoms with Crippen LogP contribution in [0.15, 0.2) is 0 Å². The van der Waals surface area contributed by atoms with Crippen molar-refractivity contribution in [2.45, 2.75) is 26.4 Å². The van der Waals surface area contributed by atoms with Crippen LogP contribution in [-0.4, -0.2) is 48.3 Å².